The first-order valence-electron chi connectivity index (χ1n) is 5.54. The molecule has 1 aromatic carbocycles. The van der Waals surface area contributed by atoms with Crippen molar-refractivity contribution >= 4 is 60.3 Å². The van der Waals surface area contributed by atoms with Crippen LogP contribution in [0.4, 0.5) is 11.4 Å². The van der Waals surface area contributed by atoms with E-state index in [1.54, 1.807) is 30.3 Å². The lowest BCUT2D eigenvalue weighted by Crippen LogP contribution is -2.16. The minimum absolute atomic E-state index is 0.244. The van der Waals surface area contributed by atoms with Crippen molar-refractivity contribution in [2.45, 2.75) is 4.21 Å². The highest BCUT2D eigenvalue weighted by Gasteiger charge is 2.19. The van der Waals surface area contributed by atoms with E-state index < -0.39 is 10.0 Å². The zero-order valence-corrected chi connectivity index (χ0v) is 14.7. The number of rotatable bonds is 4. The molecule has 0 saturated heterocycles. The fraction of sp³-hybridized carbons (Fsp3) is 0.167. The van der Waals surface area contributed by atoms with Gasteiger partial charge in [0.25, 0.3) is 10.0 Å². The smallest absolute Gasteiger partial charge is 0.271 e. The molecule has 0 amide bonds. The quantitative estimate of drug-likeness (QED) is 0.850. The van der Waals surface area contributed by atoms with Gasteiger partial charge in [-0.2, -0.15) is 0 Å². The summed E-state index contributed by atoms with van der Waals surface area (Å²) >= 11 is 10.4. The van der Waals surface area contributed by atoms with Crippen molar-refractivity contribution in [1.82, 2.24) is 0 Å². The van der Waals surface area contributed by atoms with Crippen molar-refractivity contribution in [2.75, 3.05) is 23.7 Å². The summed E-state index contributed by atoms with van der Waals surface area (Å²) in [4.78, 5) is 1.82. The molecule has 0 aliphatic rings. The number of nitrogens with zero attached hydrogens (tertiary/aromatic N) is 1. The third-order valence-corrected chi connectivity index (χ3v) is 6.21. The van der Waals surface area contributed by atoms with Gasteiger partial charge in [-0.05, 0) is 46.3 Å². The van der Waals surface area contributed by atoms with Gasteiger partial charge in [0.05, 0.1) is 15.2 Å². The molecular weight excluding hydrogens is 384 g/mol. The number of hydrogen-bond donors (Lipinski definition) is 1. The molecule has 108 valence electrons. The number of sulfonamides is 1. The van der Waals surface area contributed by atoms with Crippen molar-refractivity contribution in [3.05, 3.63) is 39.1 Å². The molecule has 1 heterocycles. The molecule has 2 rings (SSSR count). The molecule has 0 saturated carbocycles. The van der Waals surface area contributed by atoms with Gasteiger partial charge in [0.1, 0.15) is 4.21 Å². The van der Waals surface area contributed by atoms with Gasteiger partial charge >= 0.3 is 0 Å². The molecule has 0 bridgehead atoms. The molecule has 1 aromatic heterocycles. The molecule has 0 fully saturated rings. The molecule has 20 heavy (non-hydrogen) atoms. The van der Waals surface area contributed by atoms with Gasteiger partial charge in [0.2, 0.25) is 0 Å². The second-order valence-corrected chi connectivity index (χ2v) is 9.03. The molecule has 0 unspecified atom stereocenters. The predicted molar refractivity (Wildman–Crippen MR) is 88.6 cm³/mol. The van der Waals surface area contributed by atoms with Gasteiger partial charge in [-0.1, -0.05) is 11.6 Å². The average Bonchev–Trinajstić information content (AvgIpc) is 2.75. The lowest BCUT2D eigenvalue weighted by Gasteiger charge is -2.18. The summed E-state index contributed by atoms with van der Waals surface area (Å²) in [5.74, 6) is 0. The van der Waals surface area contributed by atoms with E-state index in [-0.39, 0.29) is 4.21 Å². The topological polar surface area (TPSA) is 49.4 Å². The Morgan fingerprint density at radius 2 is 1.95 bits per heavy atom. The van der Waals surface area contributed by atoms with Crippen LogP contribution in [0.25, 0.3) is 0 Å². The van der Waals surface area contributed by atoms with E-state index in [0.29, 0.717) is 10.7 Å². The third kappa shape index (κ3) is 3.46. The molecule has 0 spiro atoms. The zero-order chi connectivity index (χ0) is 14.9. The van der Waals surface area contributed by atoms with Crippen molar-refractivity contribution in [3.8, 4) is 0 Å². The van der Waals surface area contributed by atoms with Crippen LogP contribution < -0.4 is 9.62 Å². The van der Waals surface area contributed by atoms with E-state index >= 15 is 0 Å². The van der Waals surface area contributed by atoms with Crippen molar-refractivity contribution in [2.24, 2.45) is 0 Å². The number of anilines is 2. The molecule has 1 N–H and O–H groups in total. The maximum atomic E-state index is 12.3. The summed E-state index contributed by atoms with van der Waals surface area (Å²) in [5, 5.41) is 0.473. The molecule has 0 radical (unpaired) electrons. The van der Waals surface area contributed by atoms with Gasteiger partial charge in [-0.25, -0.2) is 8.42 Å². The van der Waals surface area contributed by atoms with Crippen LogP contribution in [0, 0.1) is 0 Å². The maximum Gasteiger partial charge on any atom is 0.271 e. The fourth-order valence-electron chi connectivity index (χ4n) is 1.62. The normalized spacial score (nSPS) is 11.4. The summed E-state index contributed by atoms with van der Waals surface area (Å²) in [6.07, 6.45) is 0. The van der Waals surface area contributed by atoms with Gasteiger partial charge in [0, 0.05) is 19.1 Å². The average molecular weight is 396 g/mol. The van der Waals surface area contributed by atoms with Crippen molar-refractivity contribution < 1.29 is 8.42 Å². The van der Waals surface area contributed by atoms with E-state index in [4.69, 9.17) is 11.6 Å². The summed E-state index contributed by atoms with van der Waals surface area (Å²) in [6, 6.07) is 8.33. The summed E-state index contributed by atoms with van der Waals surface area (Å²) < 4.78 is 28.2. The molecule has 0 aliphatic heterocycles. The highest BCUT2D eigenvalue weighted by molar-refractivity contribution is 9.11. The summed E-state index contributed by atoms with van der Waals surface area (Å²) in [7, 11) is 0.0601. The van der Waals surface area contributed by atoms with Gasteiger partial charge in [-0.3, -0.25) is 4.72 Å². The largest absolute Gasteiger partial charge is 0.376 e. The highest BCUT2D eigenvalue weighted by Crippen LogP contribution is 2.32. The zero-order valence-electron chi connectivity index (χ0n) is 10.7. The minimum Gasteiger partial charge on any atom is -0.376 e. The number of halogens is 2. The molecular formula is C12H12BrClN2O2S2. The van der Waals surface area contributed by atoms with E-state index in [9.17, 15) is 8.42 Å². The first-order chi connectivity index (χ1) is 9.29. The van der Waals surface area contributed by atoms with Crippen LogP contribution in [0.3, 0.4) is 0 Å². The van der Waals surface area contributed by atoms with Crippen LogP contribution in [-0.4, -0.2) is 22.5 Å². The van der Waals surface area contributed by atoms with Crippen LogP contribution in [0.1, 0.15) is 0 Å². The Morgan fingerprint density at radius 3 is 2.50 bits per heavy atom. The number of benzene rings is 1. The number of nitrogens with one attached hydrogen (secondary N) is 1. The van der Waals surface area contributed by atoms with Crippen LogP contribution >= 0.6 is 38.9 Å². The molecule has 2 aromatic rings. The van der Waals surface area contributed by atoms with Crippen molar-refractivity contribution in [1.29, 1.82) is 0 Å². The maximum absolute atomic E-state index is 12.3. The van der Waals surface area contributed by atoms with Crippen molar-refractivity contribution in [3.63, 3.8) is 0 Å². The Bertz CT molecular complexity index is 729. The van der Waals surface area contributed by atoms with E-state index in [1.807, 2.05) is 19.0 Å². The standard InChI is InChI=1S/C12H12BrClN2O2S2/c1-16(2)10-4-3-8(14)7-9(10)15-20(17,18)12-6-5-11(13)19-12/h3-7,15H,1-2H3. The van der Waals surface area contributed by atoms with E-state index in [0.717, 1.165) is 20.8 Å². The number of hydrogen-bond acceptors (Lipinski definition) is 4. The summed E-state index contributed by atoms with van der Waals surface area (Å²) in [6.45, 7) is 0. The van der Waals surface area contributed by atoms with E-state index in [1.165, 1.54) is 0 Å². The molecule has 8 heteroatoms. The Hall–Kier alpha value is -0.760. The third-order valence-electron chi connectivity index (χ3n) is 2.50. The van der Waals surface area contributed by atoms with Gasteiger partial charge in [-0.15, -0.1) is 11.3 Å². The SMILES string of the molecule is CN(C)c1ccc(Cl)cc1NS(=O)(=O)c1ccc(Br)s1. The van der Waals surface area contributed by atoms with Crippen LogP contribution in [0.2, 0.25) is 5.02 Å². The molecule has 4 nitrogen and oxygen atoms in total. The first kappa shape index (κ1) is 15.6. The Kier molecular flexibility index (Phi) is 4.63. The Morgan fingerprint density at radius 1 is 1.25 bits per heavy atom. The monoisotopic (exact) mass is 394 g/mol. The predicted octanol–water partition coefficient (Wildman–Crippen LogP) is 4.03. The molecule has 0 aliphatic carbocycles. The van der Waals surface area contributed by atoms with Crippen LogP contribution in [-0.2, 0) is 10.0 Å². The minimum atomic E-state index is -3.61. The lowest BCUT2D eigenvalue weighted by molar-refractivity contribution is 0.603. The molecule has 0 atom stereocenters. The Balaban J connectivity index is 2.41. The summed E-state index contributed by atoms with van der Waals surface area (Å²) in [5.41, 5.74) is 1.20. The van der Waals surface area contributed by atoms with Gasteiger partial charge in [0.15, 0.2) is 0 Å². The first-order valence-corrected chi connectivity index (χ1v) is 9.02. The number of thiophene rings is 1. The second-order valence-electron chi connectivity index (χ2n) is 4.22. The Labute approximate surface area is 135 Å². The highest BCUT2D eigenvalue weighted by atomic mass is 79.9. The second kappa shape index (κ2) is 5.93. The lowest BCUT2D eigenvalue weighted by atomic mass is 10.2. The van der Waals surface area contributed by atoms with Gasteiger partial charge < -0.3 is 4.90 Å². The van der Waals surface area contributed by atoms with E-state index in [2.05, 4.69) is 20.7 Å². The fourth-order valence-corrected chi connectivity index (χ4v) is 4.86. The van der Waals surface area contributed by atoms with Crippen LogP contribution in [0.5, 0.6) is 0 Å². The van der Waals surface area contributed by atoms with Crippen LogP contribution in [0.15, 0.2) is 38.3 Å².